The lowest BCUT2D eigenvalue weighted by Crippen LogP contribution is -1.92. The Hall–Kier alpha value is -2.35. The van der Waals surface area contributed by atoms with Gasteiger partial charge < -0.3 is 5.32 Å². The molecule has 2 aromatic carbocycles. The van der Waals surface area contributed by atoms with Crippen molar-refractivity contribution in [2.24, 2.45) is 0 Å². The summed E-state index contributed by atoms with van der Waals surface area (Å²) in [4.78, 5) is 4.18. The van der Waals surface area contributed by atoms with Gasteiger partial charge in [-0.15, -0.1) is 0 Å². The molecule has 4 rings (SSSR count). The van der Waals surface area contributed by atoms with Crippen molar-refractivity contribution >= 4 is 16.6 Å². The molecule has 1 aromatic heterocycles. The highest BCUT2D eigenvalue weighted by atomic mass is 14.9. The molecule has 20 heavy (non-hydrogen) atoms. The molecule has 0 amide bonds. The molecule has 100 valence electrons. The second kappa shape index (κ2) is 5.74. The lowest BCUT2D eigenvalue weighted by atomic mass is 10.1. The maximum Gasteiger partial charge on any atom is 0.0701 e. The minimum absolute atomic E-state index is 1.06. The van der Waals surface area contributed by atoms with E-state index in [4.69, 9.17) is 0 Å². The molecular formula is C18H18N2. The van der Waals surface area contributed by atoms with E-state index in [0.717, 1.165) is 12.1 Å². The van der Waals surface area contributed by atoms with Gasteiger partial charge in [0.2, 0.25) is 0 Å². The van der Waals surface area contributed by atoms with Gasteiger partial charge in [-0.1, -0.05) is 42.5 Å². The summed E-state index contributed by atoms with van der Waals surface area (Å²) in [6.45, 7) is 3.26. The van der Waals surface area contributed by atoms with Crippen LogP contribution in [-0.4, -0.2) is 11.5 Å². The van der Waals surface area contributed by atoms with Gasteiger partial charge in [-0.25, -0.2) is 0 Å². The molecule has 0 aliphatic carbocycles. The fourth-order valence-corrected chi connectivity index (χ4v) is 2.53. The Labute approximate surface area is 119 Å². The van der Waals surface area contributed by atoms with E-state index >= 15 is 0 Å². The van der Waals surface area contributed by atoms with Crippen LogP contribution in [0.15, 0.2) is 60.8 Å². The highest BCUT2D eigenvalue weighted by Crippen LogP contribution is 2.24. The number of hydrogen-bond donors (Lipinski definition) is 1. The molecule has 2 nitrogen and oxygen atoms in total. The van der Waals surface area contributed by atoms with Crippen LogP contribution in [0.5, 0.6) is 0 Å². The third-order valence-corrected chi connectivity index (χ3v) is 3.57. The van der Waals surface area contributed by atoms with Crippen molar-refractivity contribution in [1.29, 1.82) is 0 Å². The molecule has 0 radical (unpaired) electrons. The van der Waals surface area contributed by atoms with Gasteiger partial charge in [-0.3, -0.25) is 4.98 Å². The number of pyridine rings is 1. The number of aryl methyl sites for hydroxylation is 1. The number of nitrogens with zero attached hydrogens (tertiary/aromatic N) is 1. The lowest BCUT2D eigenvalue weighted by Gasteiger charge is -2.01. The molecule has 2 heteroatoms. The summed E-state index contributed by atoms with van der Waals surface area (Å²) in [7, 11) is 0. The third-order valence-electron chi connectivity index (χ3n) is 3.57. The zero-order valence-electron chi connectivity index (χ0n) is 11.6. The van der Waals surface area contributed by atoms with Crippen LogP contribution < -0.4 is 5.32 Å². The van der Waals surface area contributed by atoms with E-state index in [2.05, 4.69) is 47.6 Å². The van der Waals surface area contributed by atoms with E-state index in [1.54, 1.807) is 0 Å². The van der Waals surface area contributed by atoms with Crippen molar-refractivity contribution < 1.29 is 0 Å². The molecule has 0 spiro atoms. The van der Waals surface area contributed by atoms with Gasteiger partial charge in [-0.2, -0.15) is 0 Å². The van der Waals surface area contributed by atoms with Crippen molar-refractivity contribution in [3.05, 3.63) is 71.9 Å². The SMILES string of the molecule is Cc1cccc2c1NCC2.c1ccc2ncccc2c1. The number of hydrogen-bond acceptors (Lipinski definition) is 2. The van der Waals surface area contributed by atoms with E-state index in [0.29, 0.717) is 0 Å². The number of nitrogens with one attached hydrogen (secondary N) is 1. The maximum atomic E-state index is 4.18. The van der Waals surface area contributed by atoms with Crippen LogP contribution in [0.3, 0.4) is 0 Å². The molecule has 0 atom stereocenters. The molecule has 1 aliphatic rings. The van der Waals surface area contributed by atoms with Crippen molar-refractivity contribution in [3.8, 4) is 0 Å². The first kappa shape index (κ1) is 12.7. The van der Waals surface area contributed by atoms with E-state index in [1.165, 1.54) is 28.6 Å². The van der Waals surface area contributed by atoms with E-state index in [9.17, 15) is 0 Å². The topological polar surface area (TPSA) is 24.9 Å². The first-order chi connectivity index (χ1) is 9.84. The molecule has 1 aliphatic heterocycles. The predicted octanol–water partition coefficient (Wildman–Crippen LogP) is 4.20. The van der Waals surface area contributed by atoms with Crippen LogP contribution in [0.2, 0.25) is 0 Å². The summed E-state index contributed by atoms with van der Waals surface area (Å²) >= 11 is 0. The fourth-order valence-electron chi connectivity index (χ4n) is 2.53. The molecule has 0 unspecified atom stereocenters. The van der Waals surface area contributed by atoms with E-state index in [1.807, 2.05) is 30.5 Å². The zero-order chi connectivity index (χ0) is 13.8. The second-order valence-corrected chi connectivity index (χ2v) is 4.98. The van der Waals surface area contributed by atoms with E-state index in [-0.39, 0.29) is 0 Å². The van der Waals surface area contributed by atoms with Gasteiger partial charge in [0.1, 0.15) is 0 Å². The number of benzene rings is 2. The largest absolute Gasteiger partial charge is 0.384 e. The first-order valence-electron chi connectivity index (χ1n) is 6.97. The standard InChI is InChI=1S/C9H11N.C9H7N/c1-7-3-2-4-8-5-6-10-9(7)8;1-2-6-9-8(4-1)5-3-7-10-9/h2-4,10H,5-6H2,1H3;1-7H. The fraction of sp³-hybridized carbons (Fsp3) is 0.167. The Morgan fingerprint density at radius 2 is 1.80 bits per heavy atom. The van der Waals surface area contributed by atoms with Crippen molar-refractivity contribution in [3.63, 3.8) is 0 Å². The van der Waals surface area contributed by atoms with Crippen LogP contribution in [-0.2, 0) is 6.42 Å². The molecule has 2 heterocycles. The van der Waals surface area contributed by atoms with Crippen LogP contribution in [0, 0.1) is 6.92 Å². The van der Waals surface area contributed by atoms with Crippen LogP contribution in [0.4, 0.5) is 5.69 Å². The van der Waals surface area contributed by atoms with Gasteiger partial charge in [0, 0.05) is 23.8 Å². The summed E-state index contributed by atoms with van der Waals surface area (Å²) in [5.74, 6) is 0. The monoisotopic (exact) mass is 262 g/mol. The molecule has 0 saturated heterocycles. The Bertz CT molecular complexity index is 654. The molecule has 0 saturated carbocycles. The Morgan fingerprint density at radius 1 is 0.950 bits per heavy atom. The minimum atomic E-state index is 1.06. The normalized spacial score (nSPS) is 12.2. The predicted molar refractivity (Wildman–Crippen MR) is 85.1 cm³/mol. The van der Waals surface area contributed by atoms with Gasteiger partial charge in [0.25, 0.3) is 0 Å². The molecule has 3 aromatic rings. The average Bonchev–Trinajstić information content (AvgIpc) is 2.98. The second-order valence-electron chi connectivity index (χ2n) is 4.98. The summed E-state index contributed by atoms with van der Waals surface area (Å²) in [5.41, 5.74) is 5.27. The number of fused-ring (bicyclic) bond motifs is 2. The quantitative estimate of drug-likeness (QED) is 0.657. The molecule has 1 N–H and O–H groups in total. The summed E-state index contributed by atoms with van der Waals surface area (Å²) in [6.07, 6.45) is 3.00. The molecular weight excluding hydrogens is 244 g/mol. The summed E-state index contributed by atoms with van der Waals surface area (Å²) < 4.78 is 0. The van der Waals surface area contributed by atoms with Crippen LogP contribution in [0.1, 0.15) is 11.1 Å². The number of rotatable bonds is 0. The third kappa shape index (κ3) is 2.64. The Balaban J connectivity index is 0.000000121. The Kier molecular flexibility index (Phi) is 3.64. The van der Waals surface area contributed by atoms with Gasteiger partial charge >= 0.3 is 0 Å². The first-order valence-corrected chi connectivity index (χ1v) is 6.97. The highest BCUT2D eigenvalue weighted by molar-refractivity contribution is 5.77. The zero-order valence-corrected chi connectivity index (χ0v) is 11.6. The summed E-state index contributed by atoms with van der Waals surface area (Å²) in [5, 5.41) is 4.57. The molecule has 0 bridgehead atoms. The number of para-hydroxylation sites is 2. The smallest absolute Gasteiger partial charge is 0.0701 e. The maximum absolute atomic E-state index is 4.18. The lowest BCUT2D eigenvalue weighted by molar-refractivity contribution is 1.11. The number of aromatic nitrogens is 1. The Morgan fingerprint density at radius 3 is 2.65 bits per heavy atom. The van der Waals surface area contributed by atoms with Crippen LogP contribution in [0.25, 0.3) is 10.9 Å². The summed E-state index contributed by atoms with van der Waals surface area (Å²) in [6, 6.07) is 18.6. The van der Waals surface area contributed by atoms with Crippen LogP contribution >= 0.6 is 0 Å². The van der Waals surface area contributed by atoms with E-state index < -0.39 is 0 Å². The van der Waals surface area contributed by atoms with Crippen molar-refractivity contribution in [2.75, 3.05) is 11.9 Å². The number of anilines is 1. The van der Waals surface area contributed by atoms with Crippen molar-refractivity contribution in [2.45, 2.75) is 13.3 Å². The average molecular weight is 262 g/mol. The van der Waals surface area contributed by atoms with Gasteiger partial charge in [-0.05, 0) is 36.6 Å². The molecule has 0 fully saturated rings. The van der Waals surface area contributed by atoms with Gasteiger partial charge in [0.15, 0.2) is 0 Å². The minimum Gasteiger partial charge on any atom is -0.384 e. The van der Waals surface area contributed by atoms with Gasteiger partial charge in [0.05, 0.1) is 5.52 Å². The van der Waals surface area contributed by atoms with Crippen molar-refractivity contribution in [1.82, 2.24) is 4.98 Å². The highest BCUT2D eigenvalue weighted by Gasteiger charge is 2.09.